The molecule has 4 nitrogen and oxygen atoms in total. The molecule has 0 spiro atoms. The summed E-state index contributed by atoms with van der Waals surface area (Å²) in [6.07, 6.45) is 9.49. The second kappa shape index (κ2) is 6.44. The fourth-order valence-electron chi connectivity index (χ4n) is 3.31. The maximum atomic E-state index is 10.6. The van der Waals surface area contributed by atoms with Crippen LogP contribution in [0.1, 0.15) is 57.2 Å². The zero-order valence-electron chi connectivity index (χ0n) is 11.8. The van der Waals surface area contributed by atoms with Crippen molar-refractivity contribution in [2.75, 3.05) is 6.54 Å². The van der Waals surface area contributed by atoms with Crippen LogP contribution < -0.4 is 5.73 Å². The standard InChI is InChI=1S/C15H25N3O/c1-2-3-12-4-7-15(10-16,8-5-12)14(19)13-6-9-17-11-18-13/h6,9,11-12,14,19H,2-5,7-8,10,16H2,1H3. The molecule has 106 valence electrons. The third kappa shape index (κ3) is 3.12. The Bertz CT molecular complexity index is 374. The van der Waals surface area contributed by atoms with Crippen molar-refractivity contribution in [1.29, 1.82) is 0 Å². The van der Waals surface area contributed by atoms with E-state index >= 15 is 0 Å². The van der Waals surface area contributed by atoms with Crippen LogP contribution in [-0.2, 0) is 0 Å². The zero-order chi connectivity index (χ0) is 13.7. The first-order valence-corrected chi connectivity index (χ1v) is 7.36. The molecule has 0 aliphatic heterocycles. The van der Waals surface area contributed by atoms with E-state index in [1.807, 2.05) is 0 Å². The molecule has 1 aromatic heterocycles. The molecule has 1 saturated carbocycles. The van der Waals surface area contributed by atoms with E-state index in [4.69, 9.17) is 5.73 Å². The van der Waals surface area contributed by atoms with E-state index in [0.29, 0.717) is 12.2 Å². The lowest BCUT2D eigenvalue weighted by Crippen LogP contribution is -2.40. The van der Waals surface area contributed by atoms with Gasteiger partial charge in [0.2, 0.25) is 0 Å². The first kappa shape index (κ1) is 14.4. The Hall–Kier alpha value is -1.00. The van der Waals surface area contributed by atoms with Gasteiger partial charge in [-0.05, 0) is 37.7 Å². The fourth-order valence-corrected chi connectivity index (χ4v) is 3.31. The Morgan fingerprint density at radius 3 is 2.74 bits per heavy atom. The molecular formula is C15H25N3O. The van der Waals surface area contributed by atoms with Crippen LogP contribution in [0, 0.1) is 11.3 Å². The molecule has 1 aliphatic rings. The molecule has 1 aromatic rings. The summed E-state index contributed by atoms with van der Waals surface area (Å²) in [5, 5.41) is 10.6. The third-order valence-electron chi connectivity index (χ3n) is 4.67. The minimum Gasteiger partial charge on any atom is -0.386 e. The highest BCUT2D eigenvalue weighted by Gasteiger charge is 2.41. The average Bonchev–Trinajstić information content (AvgIpc) is 2.49. The molecular weight excluding hydrogens is 238 g/mol. The molecule has 1 fully saturated rings. The SMILES string of the molecule is CCCC1CCC(CN)(C(O)c2ccncn2)CC1. The zero-order valence-corrected chi connectivity index (χ0v) is 11.8. The van der Waals surface area contributed by atoms with Gasteiger partial charge in [0.25, 0.3) is 0 Å². The van der Waals surface area contributed by atoms with Gasteiger partial charge in [0.15, 0.2) is 0 Å². The molecule has 1 unspecified atom stereocenters. The maximum absolute atomic E-state index is 10.6. The van der Waals surface area contributed by atoms with Crippen LogP contribution in [0.2, 0.25) is 0 Å². The second-order valence-corrected chi connectivity index (χ2v) is 5.84. The van der Waals surface area contributed by atoms with E-state index < -0.39 is 6.10 Å². The Balaban J connectivity index is 2.07. The molecule has 19 heavy (non-hydrogen) atoms. The number of nitrogens with two attached hydrogens (primary N) is 1. The van der Waals surface area contributed by atoms with Gasteiger partial charge in [-0.15, -0.1) is 0 Å². The average molecular weight is 263 g/mol. The summed E-state index contributed by atoms with van der Waals surface area (Å²) in [7, 11) is 0. The number of aliphatic hydroxyl groups excluding tert-OH is 1. The first-order chi connectivity index (χ1) is 9.22. The predicted molar refractivity (Wildman–Crippen MR) is 75.3 cm³/mol. The minimum atomic E-state index is -0.567. The normalized spacial score (nSPS) is 29.1. The Kier molecular flexibility index (Phi) is 4.88. The highest BCUT2D eigenvalue weighted by molar-refractivity contribution is 5.08. The van der Waals surface area contributed by atoms with E-state index in [1.54, 1.807) is 12.3 Å². The quantitative estimate of drug-likeness (QED) is 0.856. The predicted octanol–water partition coefficient (Wildman–Crippen LogP) is 2.45. The van der Waals surface area contributed by atoms with Crippen LogP contribution in [-0.4, -0.2) is 21.6 Å². The van der Waals surface area contributed by atoms with Crippen LogP contribution in [0.3, 0.4) is 0 Å². The first-order valence-electron chi connectivity index (χ1n) is 7.36. The number of hydrogen-bond donors (Lipinski definition) is 2. The van der Waals surface area contributed by atoms with E-state index in [0.717, 1.165) is 18.8 Å². The van der Waals surface area contributed by atoms with Crippen LogP contribution in [0.4, 0.5) is 0 Å². The van der Waals surface area contributed by atoms with E-state index in [1.165, 1.54) is 32.0 Å². The van der Waals surface area contributed by atoms with Gasteiger partial charge >= 0.3 is 0 Å². The van der Waals surface area contributed by atoms with Crippen molar-refractivity contribution in [3.05, 3.63) is 24.3 Å². The van der Waals surface area contributed by atoms with Gasteiger partial charge in [0.1, 0.15) is 12.4 Å². The van der Waals surface area contributed by atoms with Crippen molar-refractivity contribution in [1.82, 2.24) is 9.97 Å². The topological polar surface area (TPSA) is 72.0 Å². The van der Waals surface area contributed by atoms with Crippen molar-refractivity contribution in [2.24, 2.45) is 17.1 Å². The lowest BCUT2D eigenvalue weighted by Gasteiger charge is -2.42. The lowest BCUT2D eigenvalue weighted by atomic mass is 9.66. The van der Waals surface area contributed by atoms with E-state index in [9.17, 15) is 5.11 Å². The molecule has 1 aliphatic carbocycles. The van der Waals surface area contributed by atoms with Crippen molar-refractivity contribution in [3.8, 4) is 0 Å². The van der Waals surface area contributed by atoms with Crippen LogP contribution in [0.25, 0.3) is 0 Å². The van der Waals surface area contributed by atoms with Gasteiger partial charge in [-0.1, -0.05) is 19.8 Å². The van der Waals surface area contributed by atoms with Crippen molar-refractivity contribution < 1.29 is 5.11 Å². The van der Waals surface area contributed by atoms with Crippen molar-refractivity contribution in [3.63, 3.8) is 0 Å². The van der Waals surface area contributed by atoms with Crippen LogP contribution in [0.5, 0.6) is 0 Å². The van der Waals surface area contributed by atoms with Gasteiger partial charge < -0.3 is 10.8 Å². The van der Waals surface area contributed by atoms with Gasteiger partial charge in [-0.25, -0.2) is 9.97 Å². The minimum absolute atomic E-state index is 0.196. The number of aromatic nitrogens is 2. The monoisotopic (exact) mass is 263 g/mol. The molecule has 0 bridgehead atoms. The number of rotatable bonds is 5. The van der Waals surface area contributed by atoms with Gasteiger partial charge in [-0.2, -0.15) is 0 Å². The Morgan fingerprint density at radius 1 is 1.47 bits per heavy atom. The number of nitrogens with zero attached hydrogens (tertiary/aromatic N) is 2. The summed E-state index contributed by atoms with van der Waals surface area (Å²) >= 11 is 0. The summed E-state index contributed by atoms with van der Waals surface area (Å²) < 4.78 is 0. The largest absolute Gasteiger partial charge is 0.386 e. The van der Waals surface area contributed by atoms with Crippen molar-refractivity contribution in [2.45, 2.75) is 51.6 Å². The third-order valence-corrected chi connectivity index (χ3v) is 4.67. The summed E-state index contributed by atoms with van der Waals surface area (Å²) in [5.74, 6) is 0.808. The highest BCUT2D eigenvalue weighted by Crippen LogP contribution is 2.47. The van der Waals surface area contributed by atoms with Crippen molar-refractivity contribution >= 4 is 0 Å². The molecule has 3 N–H and O–H groups in total. The van der Waals surface area contributed by atoms with Crippen LogP contribution in [0.15, 0.2) is 18.6 Å². The number of hydrogen-bond acceptors (Lipinski definition) is 4. The second-order valence-electron chi connectivity index (χ2n) is 5.84. The van der Waals surface area contributed by atoms with E-state index in [-0.39, 0.29) is 5.41 Å². The number of aliphatic hydroxyl groups is 1. The Morgan fingerprint density at radius 2 is 2.21 bits per heavy atom. The molecule has 0 radical (unpaired) electrons. The fraction of sp³-hybridized carbons (Fsp3) is 0.733. The van der Waals surface area contributed by atoms with E-state index in [2.05, 4.69) is 16.9 Å². The van der Waals surface area contributed by atoms with Gasteiger partial charge in [-0.3, -0.25) is 0 Å². The smallest absolute Gasteiger partial charge is 0.115 e. The summed E-state index contributed by atoms with van der Waals surface area (Å²) in [4.78, 5) is 8.09. The van der Waals surface area contributed by atoms with Crippen LogP contribution >= 0.6 is 0 Å². The van der Waals surface area contributed by atoms with Gasteiger partial charge in [0, 0.05) is 18.2 Å². The lowest BCUT2D eigenvalue weighted by molar-refractivity contribution is -0.0135. The van der Waals surface area contributed by atoms with Gasteiger partial charge in [0.05, 0.1) is 5.69 Å². The Labute approximate surface area is 115 Å². The molecule has 1 heterocycles. The molecule has 2 rings (SSSR count). The molecule has 0 amide bonds. The highest BCUT2D eigenvalue weighted by atomic mass is 16.3. The summed E-state index contributed by atoms with van der Waals surface area (Å²) in [5.41, 5.74) is 6.50. The molecule has 0 aromatic carbocycles. The summed E-state index contributed by atoms with van der Waals surface area (Å²) in [6.45, 7) is 2.76. The summed E-state index contributed by atoms with van der Waals surface area (Å²) in [6, 6.07) is 1.79. The maximum Gasteiger partial charge on any atom is 0.115 e. The molecule has 4 heteroatoms. The molecule has 0 saturated heterocycles. The molecule has 1 atom stereocenters.